The van der Waals surface area contributed by atoms with Crippen molar-refractivity contribution in [2.24, 2.45) is 0 Å². The number of cyclic esters (lactones) is 1. The van der Waals surface area contributed by atoms with Crippen LogP contribution in [0.2, 0.25) is 10.0 Å². The van der Waals surface area contributed by atoms with Gasteiger partial charge >= 0.3 is 6.09 Å². The Hall–Kier alpha value is -2.51. The number of halogens is 2. The van der Waals surface area contributed by atoms with Gasteiger partial charge in [-0.15, -0.1) is 0 Å². The Morgan fingerprint density at radius 1 is 1.33 bits per heavy atom. The molecule has 1 unspecified atom stereocenters. The number of hydrogen-bond donors (Lipinski definition) is 2. The number of benzene rings is 1. The second-order valence-electron chi connectivity index (χ2n) is 6.21. The molecule has 0 radical (unpaired) electrons. The summed E-state index contributed by atoms with van der Waals surface area (Å²) in [5.74, 6) is 0.917. The molecule has 1 fully saturated rings. The number of H-pyrrole nitrogens is 1. The van der Waals surface area contributed by atoms with E-state index in [0.717, 1.165) is 17.4 Å². The van der Waals surface area contributed by atoms with Crippen molar-refractivity contribution in [2.75, 3.05) is 16.8 Å². The molecule has 1 amide bonds. The van der Waals surface area contributed by atoms with Crippen LogP contribution in [0.1, 0.15) is 18.9 Å². The largest absolute Gasteiger partial charge is 0.447 e. The summed E-state index contributed by atoms with van der Waals surface area (Å²) in [5, 5.41) is 5.07. The lowest BCUT2D eigenvalue weighted by Gasteiger charge is -2.20. The molecule has 1 aromatic carbocycles. The first-order chi connectivity index (χ1) is 13.1. The molecule has 1 saturated heterocycles. The maximum atomic E-state index is 12.3. The number of aromatic nitrogens is 3. The van der Waals surface area contributed by atoms with E-state index in [-0.39, 0.29) is 6.04 Å². The van der Waals surface area contributed by atoms with Gasteiger partial charge in [-0.3, -0.25) is 4.90 Å². The predicted octanol–water partition coefficient (Wildman–Crippen LogP) is 4.61. The van der Waals surface area contributed by atoms with Crippen LogP contribution in [0.15, 0.2) is 30.5 Å². The predicted molar refractivity (Wildman–Crippen MR) is 106 cm³/mol. The molecule has 1 aliphatic rings. The van der Waals surface area contributed by atoms with Crippen LogP contribution in [-0.2, 0) is 11.3 Å². The third-order valence-corrected chi connectivity index (χ3v) is 5.10. The molecule has 2 aromatic heterocycles. The summed E-state index contributed by atoms with van der Waals surface area (Å²) in [4.78, 5) is 26.0. The Morgan fingerprint density at radius 2 is 2.19 bits per heavy atom. The van der Waals surface area contributed by atoms with E-state index in [1.54, 1.807) is 23.2 Å². The number of carbonyl (C=O) groups excluding carboxylic acids is 1. The van der Waals surface area contributed by atoms with Gasteiger partial charge in [0.05, 0.1) is 11.4 Å². The van der Waals surface area contributed by atoms with Crippen LogP contribution in [0.25, 0.3) is 11.0 Å². The zero-order valence-corrected chi connectivity index (χ0v) is 16.0. The van der Waals surface area contributed by atoms with Gasteiger partial charge in [-0.2, -0.15) is 9.97 Å². The topological polar surface area (TPSA) is 83.1 Å². The Bertz CT molecular complexity index is 1010. The molecule has 140 valence electrons. The van der Waals surface area contributed by atoms with E-state index in [1.807, 2.05) is 19.1 Å². The fourth-order valence-electron chi connectivity index (χ4n) is 3.05. The van der Waals surface area contributed by atoms with E-state index in [0.29, 0.717) is 40.6 Å². The standard InChI is InChI=1S/C18H17Cl2N5O2/c1-2-12-9-27-18(26)25(12)16-13-5-6-21-15(13)23-17(24-16)22-8-10-3-4-11(19)7-14(10)20/h3-7,12H,2,8-9H2,1H3,(H2,21,22,23,24). The first-order valence-electron chi connectivity index (χ1n) is 8.55. The molecular formula is C18H17Cl2N5O2. The Morgan fingerprint density at radius 3 is 2.96 bits per heavy atom. The van der Waals surface area contributed by atoms with Crippen molar-refractivity contribution >= 4 is 52.1 Å². The quantitative estimate of drug-likeness (QED) is 0.647. The first-order valence-corrected chi connectivity index (χ1v) is 9.31. The second kappa shape index (κ2) is 7.25. The third kappa shape index (κ3) is 3.40. The van der Waals surface area contributed by atoms with Gasteiger partial charge in [0, 0.05) is 22.8 Å². The van der Waals surface area contributed by atoms with Crippen molar-refractivity contribution in [1.82, 2.24) is 15.0 Å². The molecule has 3 heterocycles. The minimum atomic E-state index is -0.394. The lowest BCUT2D eigenvalue weighted by atomic mass is 10.2. The number of fused-ring (bicyclic) bond motifs is 1. The number of hydrogen-bond acceptors (Lipinski definition) is 5. The molecule has 0 bridgehead atoms. The summed E-state index contributed by atoms with van der Waals surface area (Å²) in [6.45, 7) is 2.79. The van der Waals surface area contributed by atoms with Gasteiger partial charge in [0.2, 0.25) is 5.95 Å². The monoisotopic (exact) mass is 405 g/mol. The van der Waals surface area contributed by atoms with E-state index in [2.05, 4.69) is 20.3 Å². The van der Waals surface area contributed by atoms with E-state index in [9.17, 15) is 4.79 Å². The van der Waals surface area contributed by atoms with Crippen LogP contribution >= 0.6 is 23.2 Å². The van der Waals surface area contributed by atoms with Crippen LogP contribution in [0.3, 0.4) is 0 Å². The van der Waals surface area contributed by atoms with Crippen molar-refractivity contribution in [3.8, 4) is 0 Å². The number of rotatable bonds is 5. The second-order valence-corrected chi connectivity index (χ2v) is 7.05. The number of amides is 1. The Balaban J connectivity index is 1.67. The van der Waals surface area contributed by atoms with Crippen molar-refractivity contribution in [3.05, 3.63) is 46.1 Å². The third-order valence-electron chi connectivity index (χ3n) is 4.51. The number of anilines is 2. The van der Waals surface area contributed by atoms with Crippen LogP contribution in [0.5, 0.6) is 0 Å². The number of ether oxygens (including phenoxy) is 1. The molecule has 2 N–H and O–H groups in total. The van der Waals surface area contributed by atoms with E-state index < -0.39 is 6.09 Å². The summed E-state index contributed by atoms with van der Waals surface area (Å²) in [6.07, 6.45) is 2.14. The highest BCUT2D eigenvalue weighted by atomic mass is 35.5. The van der Waals surface area contributed by atoms with Gasteiger partial charge in [-0.05, 0) is 30.2 Å². The minimum absolute atomic E-state index is 0.0518. The molecule has 0 aliphatic carbocycles. The number of nitrogens with one attached hydrogen (secondary N) is 2. The fraction of sp³-hybridized carbons (Fsp3) is 0.278. The summed E-state index contributed by atoms with van der Waals surface area (Å²) < 4.78 is 5.21. The van der Waals surface area contributed by atoms with Gasteiger partial charge in [0.1, 0.15) is 12.3 Å². The molecular weight excluding hydrogens is 389 g/mol. The first kappa shape index (κ1) is 17.9. The molecule has 4 rings (SSSR count). The minimum Gasteiger partial charge on any atom is -0.447 e. The summed E-state index contributed by atoms with van der Waals surface area (Å²) >= 11 is 12.2. The van der Waals surface area contributed by atoms with Crippen molar-refractivity contribution in [2.45, 2.75) is 25.9 Å². The average molecular weight is 406 g/mol. The molecule has 1 aliphatic heterocycles. The molecule has 9 heteroatoms. The molecule has 0 spiro atoms. The fourth-order valence-corrected chi connectivity index (χ4v) is 3.52. The van der Waals surface area contributed by atoms with Gasteiger partial charge in [-0.25, -0.2) is 4.79 Å². The lowest BCUT2D eigenvalue weighted by molar-refractivity contribution is 0.178. The summed E-state index contributed by atoms with van der Waals surface area (Å²) in [6, 6.07) is 7.10. The van der Waals surface area contributed by atoms with Gasteiger partial charge < -0.3 is 15.0 Å². The normalized spacial score (nSPS) is 16.8. The molecule has 1 atom stereocenters. The van der Waals surface area contributed by atoms with Crippen LogP contribution in [0.4, 0.5) is 16.6 Å². The molecule has 7 nitrogen and oxygen atoms in total. The average Bonchev–Trinajstić information content (AvgIpc) is 3.26. The molecule has 3 aromatic rings. The van der Waals surface area contributed by atoms with Gasteiger partial charge in [0.25, 0.3) is 0 Å². The highest BCUT2D eigenvalue weighted by molar-refractivity contribution is 6.35. The van der Waals surface area contributed by atoms with Gasteiger partial charge in [-0.1, -0.05) is 36.2 Å². The number of nitrogens with zero attached hydrogens (tertiary/aromatic N) is 3. The number of aromatic amines is 1. The van der Waals surface area contributed by atoms with Crippen LogP contribution < -0.4 is 10.2 Å². The maximum absolute atomic E-state index is 12.3. The van der Waals surface area contributed by atoms with Crippen molar-refractivity contribution in [1.29, 1.82) is 0 Å². The highest BCUT2D eigenvalue weighted by Gasteiger charge is 2.35. The maximum Gasteiger partial charge on any atom is 0.415 e. The lowest BCUT2D eigenvalue weighted by Crippen LogP contribution is -2.34. The zero-order valence-electron chi connectivity index (χ0n) is 14.5. The van der Waals surface area contributed by atoms with Crippen LogP contribution in [-0.4, -0.2) is 33.7 Å². The summed E-state index contributed by atoms with van der Waals surface area (Å²) in [5.41, 5.74) is 1.50. The zero-order chi connectivity index (χ0) is 19.0. The van der Waals surface area contributed by atoms with Crippen molar-refractivity contribution < 1.29 is 9.53 Å². The smallest absolute Gasteiger partial charge is 0.415 e. The molecule has 27 heavy (non-hydrogen) atoms. The highest BCUT2D eigenvalue weighted by Crippen LogP contribution is 2.30. The van der Waals surface area contributed by atoms with E-state index >= 15 is 0 Å². The Labute approximate surface area is 165 Å². The van der Waals surface area contributed by atoms with E-state index in [1.165, 1.54) is 0 Å². The van der Waals surface area contributed by atoms with Crippen LogP contribution in [0, 0.1) is 0 Å². The SMILES string of the molecule is CCC1COC(=O)N1c1nc(NCc2ccc(Cl)cc2Cl)nc2[nH]ccc12. The molecule has 0 saturated carbocycles. The van der Waals surface area contributed by atoms with Crippen molar-refractivity contribution in [3.63, 3.8) is 0 Å². The number of carbonyl (C=O) groups is 1. The Kier molecular flexibility index (Phi) is 4.80. The summed E-state index contributed by atoms with van der Waals surface area (Å²) in [7, 11) is 0. The van der Waals surface area contributed by atoms with E-state index in [4.69, 9.17) is 27.9 Å². The van der Waals surface area contributed by atoms with Gasteiger partial charge in [0.15, 0.2) is 5.82 Å².